The van der Waals surface area contributed by atoms with Gasteiger partial charge < -0.3 is 0 Å². The molecule has 1 rings (SSSR count). The first-order valence-corrected chi connectivity index (χ1v) is 5.81. The highest BCUT2D eigenvalue weighted by Crippen LogP contribution is 2.20. The van der Waals surface area contributed by atoms with E-state index in [0.29, 0.717) is 5.56 Å². The molecule has 0 fully saturated rings. The molecule has 0 aliphatic heterocycles. The molecule has 0 aliphatic rings. The van der Waals surface area contributed by atoms with Gasteiger partial charge in [-0.25, -0.2) is 0 Å². The zero-order valence-electron chi connectivity index (χ0n) is 10.2. The van der Waals surface area contributed by atoms with Gasteiger partial charge in [0, 0.05) is 24.0 Å². The second kappa shape index (κ2) is 6.13. The summed E-state index contributed by atoms with van der Waals surface area (Å²) in [6.07, 6.45) is 1.93. The average molecular weight is 235 g/mol. The Morgan fingerprint density at radius 3 is 2.65 bits per heavy atom. The highest BCUT2D eigenvalue weighted by atomic mass is 16.6. The third-order valence-electron chi connectivity index (χ3n) is 2.82. The van der Waals surface area contributed by atoms with E-state index < -0.39 is 4.92 Å². The molecule has 0 amide bonds. The van der Waals surface area contributed by atoms with Gasteiger partial charge in [-0.3, -0.25) is 14.9 Å². The van der Waals surface area contributed by atoms with Gasteiger partial charge >= 0.3 is 0 Å². The molecular formula is C13H17NO3. The van der Waals surface area contributed by atoms with Crippen LogP contribution in [0, 0.1) is 16.0 Å². The standard InChI is InChI=1S/C13H17NO3/c1-3-6-10(2)13(15)9-11-7-4-5-8-12(11)14(16)17/h4-5,7-8,10H,3,6,9H2,1-2H3. The molecule has 0 aliphatic carbocycles. The zero-order valence-corrected chi connectivity index (χ0v) is 10.2. The highest BCUT2D eigenvalue weighted by Gasteiger charge is 2.18. The van der Waals surface area contributed by atoms with Crippen LogP contribution in [0.2, 0.25) is 0 Å². The van der Waals surface area contributed by atoms with Crippen molar-refractivity contribution in [3.05, 3.63) is 39.9 Å². The second-order valence-electron chi connectivity index (χ2n) is 4.22. The molecule has 0 spiro atoms. The molecule has 0 saturated heterocycles. The van der Waals surface area contributed by atoms with E-state index in [0.717, 1.165) is 12.8 Å². The largest absolute Gasteiger partial charge is 0.299 e. The molecule has 1 unspecified atom stereocenters. The van der Waals surface area contributed by atoms with Crippen LogP contribution in [0.1, 0.15) is 32.3 Å². The molecule has 0 N–H and O–H groups in total. The van der Waals surface area contributed by atoms with Gasteiger partial charge in [0.15, 0.2) is 0 Å². The van der Waals surface area contributed by atoms with E-state index in [9.17, 15) is 14.9 Å². The van der Waals surface area contributed by atoms with Crippen LogP contribution in [0.5, 0.6) is 0 Å². The zero-order chi connectivity index (χ0) is 12.8. The Labute approximate surface area is 101 Å². The SMILES string of the molecule is CCCC(C)C(=O)Cc1ccccc1[N+](=O)[O-]. The normalized spacial score (nSPS) is 12.1. The van der Waals surface area contributed by atoms with Crippen molar-refractivity contribution < 1.29 is 9.72 Å². The predicted octanol–water partition coefficient (Wildman–Crippen LogP) is 3.14. The number of rotatable bonds is 6. The summed E-state index contributed by atoms with van der Waals surface area (Å²) in [7, 11) is 0. The van der Waals surface area contributed by atoms with Crippen LogP contribution in [0.4, 0.5) is 5.69 Å². The van der Waals surface area contributed by atoms with Crippen molar-refractivity contribution in [3.63, 3.8) is 0 Å². The van der Waals surface area contributed by atoms with E-state index in [-0.39, 0.29) is 23.8 Å². The molecule has 92 valence electrons. The van der Waals surface area contributed by atoms with Gasteiger partial charge in [-0.2, -0.15) is 0 Å². The number of hydrogen-bond acceptors (Lipinski definition) is 3. The quantitative estimate of drug-likeness (QED) is 0.562. The topological polar surface area (TPSA) is 60.2 Å². The molecule has 0 radical (unpaired) electrons. The number of para-hydroxylation sites is 1. The lowest BCUT2D eigenvalue weighted by atomic mass is 9.95. The Kier molecular flexibility index (Phi) is 4.82. The molecule has 0 saturated carbocycles. The molecule has 0 bridgehead atoms. The number of benzene rings is 1. The van der Waals surface area contributed by atoms with Crippen LogP contribution in [-0.2, 0) is 11.2 Å². The van der Waals surface area contributed by atoms with Crippen molar-refractivity contribution in [1.82, 2.24) is 0 Å². The van der Waals surface area contributed by atoms with E-state index in [1.165, 1.54) is 6.07 Å². The Balaban J connectivity index is 2.81. The van der Waals surface area contributed by atoms with Gasteiger partial charge in [0.2, 0.25) is 0 Å². The number of hydrogen-bond donors (Lipinski definition) is 0. The van der Waals surface area contributed by atoms with Crippen LogP contribution in [0.15, 0.2) is 24.3 Å². The number of ketones is 1. The van der Waals surface area contributed by atoms with Gasteiger partial charge in [0.05, 0.1) is 4.92 Å². The molecule has 0 aromatic heterocycles. The van der Waals surface area contributed by atoms with Crippen molar-refractivity contribution in [3.8, 4) is 0 Å². The third-order valence-corrected chi connectivity index (χ3v) is 2.82. The average Bonchev–Trinajstić information content (AvgIpc) is 2.29. The molecular weight excluding hydrogens is 218 g/mol. The Morgan fingerprint density at radius 1 is 1.41 bits per heavy atom. The third kappa shape index (κ3) is 3.66. The number of carbonyl (C=O) groups is 1. The first-order valence-electron chi connectivity index (χ1n) is 5.81. The number of nitro groups is 1. The summed E-state index contributed by atoms with van der Waals surface area (Å²) in [6, 6.07) is 6.42. The number of Topliss-reactive ketones (excluding diaryl/α,β-unsaturated/α-hetero) is 1. The lowest BCUT2D eigenvalue weighted by Gasteiger charge is -2.08. The van der Waals surface area contributed by atoms with Crippen molar-refractivity contribution in [2.45, 2.75) is 33.1 Å². The molecule has 0 heterocycles. The molecule has 1 atom stereocenters. The van der Waals surface area contributed by atoms with Crippen LogP contribution in [-0.4, -0.2) is 10.7 Å². The highest BCUT2D eigenvalue weighted by molar-refractivity contribution is 5.83. The van der Waals surface area contributed by atoms with Gasteiger partial charge in [-0.05, 0) is 6.42 Å². The number of carbonyl (C=O) groups excluding carboxylic acids is 1. The fourth-order valence-electron chi connectivity index (χ4n) is 1.79. The summed E-state index contributed by atoms with van der Waals surface area (Å²) in [5, 5.41) is 10.8. The molecule has 4 heteroatoms. The van der Waals surface area contributed by atoms with Crippen LogP contribution in [0.25, 0.3) is 0 Å². The Bertz CT molecular complexity index is 415. The Hall–Kier alpha value is -1.71. The minimum Gasteiger partial charge on any atom is -0.299 e. The summed E-state index contributed by atoms with van der Waals surface area (Å²) >= 11 is 0. The summed E-state index contributed by atoms with van der Waals surface area (Å²) in [5.41, 5.74) is 0.537. The van der Waals surface area contributed by atoms with E-state index in [2.05, 4.69) is 0 Å². The van der Waals surface area contributed by atoms with E-state index >= 15 is 0 Å². The van der Waals surface area contributed by atoms with Crippen LogP contribution >= 0.6 is 0 Å². The van der Waals surface area contributed by atoms with Gasteiger partial charge in [-0.1, -0.05) is 38.5 Å². The fraction of sp³-hybridized carbons (Fsp3) is 0.462. The molecule has 4 nitrogen and oxygen atoms in total. The predicted molar refractivity (Wildman–Crippen MR) is 65.9 cm³/mol. The first-order chi connectivity index (χ1) is 8.06. The van der Waals surface area contributed by atoms with E-state index in [1.807, 2.05) is 13.8 Å². The summed E-state index contributed by atoms with van der Waals surface area (Å²) < 4.78 is 0. The van der Waals surface area contributed by atoms with Crippen molar-refractivity contribution in [2.24, 2.45) is 5.92 Å². The summed E-state index contributed by atoms with van der Waals surface area (Å²) in [5.74, 6) is 0.0426. The van der Waals surface area contributed by atoms with Crippen molar-refractivity contribution in [2.75, 3.05) is 0 Å². The van der Waals surface area contributed by atoms with Gasteiger partial charge in [-0.15, -0.1) is 0 Å². The first kappa shape index (κ1) is 13.4. The second-order valence-corrected chi connectivity index (χ2v) is 4.22. The minimum absolute atomic E-state index is 0.0280. The van der Waals surface area contributed by atoms with Crippen LogP contribution in [0.3, 0.4) is 0 Å². The van der Waals surface area contributed by atoms with Crippen LogP contribution < -0.4 is 0 Å². The van der Waals surface area contributed by atoms with E-state index in [4.69, 9.17) is 0 Å². The summed E-state index contributed by atoms with van der Waals surface area (Å²) in [6.45, 7) is 3.90. The maximum atomic E-state index is 11.9. The number of nitro benzene ring substituents is 1. The lowest BCUT2D eigenvalue weighted by Crippen LogP contribution is -2.14. The fourth-order valence-corrected chi connectivity index (χ4v) is 1.79. The lowest BCUT2D eigenvalue weighted by molar-refractivity contribution is -0.385. The monoisotopic (exact) mass is 235 g/mol. The number of nitrogens with zero attached hydrogens (tertiary/aromatic N) is 1. The van der Waals surface area contributed by atoms with Gasteiger partial charge in [0.25, 0.3) is 5.69 Å². The van der Waals surface area contributed by atoms with Crippen molar-refractivity contribution >= 4 is 11.5 Å². The van der Waals surface area contributed by atoms with E-state index in [1.54, 1.807) is 18.2 Å². The molecule has 17 heavy (non-hydrogen) atoms. The maximum Gasteiger partial charge on any atom is 0.273 e. The molecule has 1 aromatic carbocycles. The minimum atomic E-state index is -0.437. The molecule has 1 aromatic rings. The van der Waals surface area contributed by atoms with Crippen molar-refractivity contribution in [1.29, 1.82) is 0 Å². The maximum absolute atomic E-state index is 11.9. The smallest absolute Gasteiger partial charge is 0.273 e. The van der Waals surface area contributed by atoms with Gasteiger partial charge in [0.1, 0.15) is 5.78 Å². The Morgan fingerprint density at radius 2 is 2.06 bits per heavy atom. The summed E-state index contributed by atoms with van der Waals surface area (Å²) in [4.78, 5) is 22.2.